The number of amides is 1. The molecule has 0 atom stereocenters. The van der Waals surface area contributed by atoms with Crippen molar-refractivity contribution >= 4 is 29.4 Å². The van der Waals surface area contributed by atoms with E-state index in [1.165, 1.54) is 22.2 Å². The molecule has 1 aromatic heterocycles. The Morgan fingerprint density at radius 1 is 1.07 bits per heavy atom. The molecular weight excluding hydrogens is 400 g/mol. The summed E-state index contributed by atoms with van der Waals surface area (Å²) in [6.07, 6.45) is 0.943. The van der Waals surface area contributed by atoms with Gasteiger partial charge in [-0.1, -0.05) is 53.7 Å². The van der Waals surface area contributed by atoms with E-state index in [2.05, 4.69) is 58.2 Å². The van der Waals surface area contributed by atoms with Crippen molar-refractivity contribution < 1.29 is 4.79 Å². The quantitative estimate of drug-likeness (QED) is 0.377. The highest BCUT2D eigenvalue weighted by Gasteiger charge is 2.14. The van der Waals surface area contributed by atoms with Crippen molar-refractivity contribution in [2.45, 2.75) is 36.9 Å². The Hall–Kier alpha value is -2.25. The number of hydrogen-bond acceptors (Lipinski definition) is 5. The fourth-order valence-electron chi connectivity index (χ4n) is 2.87. The zero-order valence-corrected chi connectivity index (χ0v) is 18.4. The maximum absolute atomic E-state index is 12.2. The molecule has 1 heterocycles. The molecular formula is C22H26N4OS2. The number of benzene rings is 2. The minimum Gasteiger partial charge on any atom is -0.355 e. The number of nitrogens with zero attached hydrogens (tertiary/aromatic N) is 3. The number of aromatic nitrogens is 3. The maximum Gasteiger partial charge on any atom is 0.230 e. The van der Waals surface area contributed by atoms with Crippen LogP contribution in [-0.2, 0) is 11.3 Å². The Bertz CT molecular complexity index is 928. The van der Waals surface area contributed by atoms with E-state index >= 15 is 0 Å². The summed E-state index contributed by atoms with van der Waals surface area (Å²) in [7, 11) is 0. The second-order valence-corrected chi connectivity index (χ2v) is 8.68. The molecule has 0 bridgehead atoms. The molecule has 2 aromatic carbocycles. The van der Waals surface area contributed by atoms with Gasteiger partial charge < -0.3 is 9.88 Å². The minimum absolute atomic E-state index is 0.0301. The summed E-state index contributed by atoms with van der Waals surface area (Å²) in [5, 5.41) is 12.4. The van der Waals surface area contributed by atoms with Crippen LogP contribution in [-0.4, -0.2) is 38.7 Å². The van der Waals surface area contributed by atoms with Gasteiger partial charge in [-0.25, -0.2) is 0 Å². The lowest BCUT2D eigenvalue weighted by Gasteiger charge is -2.08. The summed E-state index contributed by atoms with van der Waals surface area (Å²) in [5.74, 6) is 2.21. The van der Waals surface area contributed by atoms with Gasteiger partial charge in [0.05, 0.1) is 5.75 Å². The Labute approximate surface area is 180 Å². The van der Waals surface area contributed by atoms with E-state index in [0.717, 1.165) is 35.3 Å². The number of carbonyl (C=O) groups excluding carboxylic acids is 1. The summed E-state index contributed by atoms with van der Waals surface area (Å²) in [6, 6.07) is 18.5. The van der Waals surface area contributed by atoms with Gasteiger partial charge in [-0.3, -0.25) is 4.79 Å². The number of nitrogens with one attached hydrogen (secondary N) is 1. The van der Waals surface area contributed by atoms with Crippen LogP contribution >= 0.6 is 23.5 Å². The van der Waals surface area contributed by atoms with E-state index in [9.17, 15) is 4.79 Å². The molecule has 3 aromatic rings. The molecule has 0 saturated heterocycles. The van der Waals surface area contributed by atoms with E-state index < -0.39 is 0 Å². The fraction of sp³-hybridized carbons (Fsp3) is 0.318. The zero-order valence-electron chi connectivity index (χ0n) is 16.8. The molecule has 0 aliphatic heterocycles. The van der Waals surface area contributed by atoms with Gasteiger partial charge in [-0.05, 0) is 44.2 Å². The number of rotatable bonds is 10. The molecule has 0 fully saturated rings. The molecule has 5 nitrogen and oxygen atoms in total. The van der Waals surface area contributed by atoms with E-state index in [4.69, 9.17) is 0 Å². The average molecular weight is 427 g/mol. The predicted octanol–water partition coefficient (Wildman–Crippen LogP) is 4.66. The van der Waals surface area contributed by atoms with Crippen molar-refractivity contribution in [2.75, 3.05) is 18.1 Å². The van der Waals surface area contributed by atoms with Crippen molar-refractivity contribution in [1.29, 1.82) is 0 Å². The first-order valence-corrected chi connectivity index (χ1v) is 11.7. The van der Waals surface area contributed by atoms with Gasteiger partial charge in [0, 0.05) is 23.5 Å². The molecule has 0 aliphatic carbocycles. The largest absolute Gasteiger partial charge is 0.355 e. The third-order valence-electron chi connectivity index (χ3n) is 4.30. The van der Waals surface area contributed by atoms with Crippen molar-refractivity contribution in [3.05, 3.63) is 60.2 Å². The monoisotopic (exact) mass is 426 g/mol. The van der Waals surface area contributed by atoms with Gasteiger partial charge in [0.2, 0.25) is 5.91 Å². The highest BCUT2D eigenvalue weighted by Crippen LogP contribution is 2.24. The van der Waals surface area contributed by atoms with Crippen molar-refractivity contribution in [2.24, 2.45) is 0 Å². The van der Waals surface area contributed by atoms with E-state index in [-0.39, 0.29) is 5.91 Å². The molecule has 1 amide bonds. The normalized spacial score (nSPS) is 10.8. The standard InChI is InChI=1S/C22H26N4OS2/c1-3-26-21(18-10-7-9-17(2)15-18)24-25-22(26)29-16-20(27)23-13-8-14-28-19-11-5-4-6-12-19/h4-7,9-12,15H,3,8,13-14,16H2,1-2H3,(H,23,27). The van der Waals surface area contributed by atoms with Gasteiger partial charge in [-0.15, -0.1) is 22.0 Å². The van der Waals surface area contributed by atoms with Gasteiger partial charge in [0.1, 0.15) is 0 Å². The number of carbonyl (C=O) groups is 1. The molecule has 0 radical (unpaired) electrons. The maximum atomic E-state index is 12.2. The van der Waals surface area contributed by atoms with E-state index in [1.54, 1.807) is 0 Å². The average Bonchev–Trinajstić information content (AvgIpc) is 3.16. The number of thioether (sulfide) groups is 2. The zero-order chi connectivity index (χ0) is 20.5. The van der Waals surface area contributed by atoms with Crippen LogP contribution in [0.25, 0.3) is 11.4 Å². The van der Waals surface area contributed by atoms with Gasteiger partial charge in [0.15, 0.2) is 11.0 Å². The van der Waals surface area contributed by atoms with Crippen LogP contribution in [0, 0.1) is 6.92 Å². The lowest BCUT2D eigenvalue weighted by Crippen LogP contribution is -2.26. The predicted molar refractivity (Wildman–Crippen MR) is 121 cm³/mol. The number of aryl methyl sites for hydroxylation is 1. The van der Waals surface area contributed by atoms with Crippen molar-refractivity contribution in [3.63, 3.8) is 0 Å². The molecule has 0 spiro atoms. The second kappa shape index (κ2) is 11.1. The molecule has 3 rings (SSSR count). The van der Waals surface area contributed by atoms with Crippen LogP contribution in [0.4, 0.5) is 0 Å². The van der Waals surface area contributed by atoms with Crippen molar-refractivity contribution in [3.8, 4) is 11.4 Å². The fourth-order valence-corrected chi connectivity index (χ4v) is 4.57. The Morgan fingerprint density at radius 3 is 2.66 bits per heavy atom. The SMILES string of the molecule is CCn1c(SCC(=O)NCCCSc2ccccc2)nnc1-c1cccc(C)c1. The van der Waals surface area contributed by atoms with Crippen LogP contribution in [0.5, 0.6) is 0 Å². The van der Waals surface area contributed by atoms with Crippen molar-refractivity contribution in [1.82, 2.24) is 20.1 Å². The molecule has 152 valence electrons. The first-order chi connectivity index (χ1) is 14.2. The molecule has 0 aliphatic rings. The van der Waals surface area contributed by atoms with Crippen LogP contribution in [0.15, 0.2) is 64.6 Å². The molecule has 7 heteroatoms. The highest BCUT2D eigenvalue weighted by atomic mass is 32.2. The molecule has 29 heavy (non-hydrogen) atoms. The smallest absolute Gasteiger partial charge is 0.230 e. The minimum atomic E-state index is 0.0301. The topological polar surface area (TPSA) is 59.8 Å². The Morgan fingerprint density at radius 2 is 1.90 bits per heavy atom. The summed E-state index contributed by atoms with van der Waals surface area (Å²) < 4.78 is 2.06. The summed E-state index contributed by atoms with van der Waals surface area (Å²) in [4.78, 5) is 13.4. The van der Waals surface area contributed by atoms with Crippen LogP contribution < -0.4 is 5.32 Å². The lowest BCUT2D eigenvalue weighted by molar-refractivity contribution is -0.118. The second-order valence-electron chi connectivity index (χ2n) is 6.57. The third kappa shape index (κ3) is 6.37. The Kier molecular flexibility index (Phi) is 8.19. The first-order valence-electron chi connectivity index (χ1n) is 9.75. The molecule has 1 N–H and O–H groups in total. The van der Waals surface area contributed by atoms with Gasteiger partial charge >= 0.3 is 0 Å². The van der Waals surface area contributed by atoms with Gasteiger partial charge in [-0.2, -0.15) is 0 Å². The number of hydrogen-bond donors (Lipinski definition) is 1. The van der Waals surface area contributed by atoms with Crippen LogP contribution in [0.2, 0.25) is 0 Å². The lowest BCUT2D eigenvalue weighted by atomic mass is 10.1. The van der Waals surface area contributed by atoms with E-state index in [0.29, 0.717) is 12.3 Å². The molecule has 0 unspecified atom stereocenters. The summed E-state index contributed by atoms with van der Waals surface area (Å²) in [5.41, 5.74) is 2.23. The Balaban J connectivity index is 1.44. The van der Waals surface area contributed by atoms with Crippen LogP contribution in [0.3, 0.4) is 0 Å². The van der Waals surface area contributed by atoms with Gasteiger partial charge in [0.25, 0.3) is 0 Å². The third-order valence-corrected chi connectivity index (χ3v) is 6.36. The highest BCUT2D eigenvalue weighted by molar-refractivity contribution is 7.99. The van der Waals surface area contributed by atoms with E-state index in [1.807, 2.05) is 42.1 Å². The molecule has 0 saturated carbocycles. The van der Waals surface area contributed by atoms with Crippen LogP contribution in [0.1, 0.15) is 18.9 Å². The summed E-state index contributed by atoms with van der Waals surface area (Å²) in [6.45, 7) is 5.58. The first kappa shape index (κ1) is 21.5. The summed E-state index contributed by atoms with van der Waals surface area (Å²) >= 11 is 3.24.